The monoisotopic (exact) mass is 478 g/mol. The molecule has 1 unspecified atom stereocenters. The summed E-state index contributed by atoms with van der Waals surface area (Å²) in [5, 5.41) is 3.01. The molecule has 34 heavy (non-hydrogen) atoms. The van der Waals surface area contributed by atoms with Crippen molar-refractivity contribution in [3.05, 3.63) is 47.2 Å². The molecule has 0 N–H and O–H groups in total. The maximum absolute atomic E-state index is 13.6. The summed E-state index contributed by atoms with van der Waals surface area (Å²) in [5.41, 5.74) is 4.60. The molecule has 5 rings (SSSR count). The van der Waals surface area contributed by atoms with Gasteiger partial charge in [-0.1, -0.05) is 0 Å². The number of nitrogens with zero attached hydrogens (tertiary/aromatic N) is 4. The fraction of sp³-hybridized carbons (Fsp3) is 0.462. The molecule has 0 radical (unpaired) electrons. The third-order valence-corrected chi connectivity index (χ3v) is 7.65. The average molecular weight is 479 g/mol. The van der Waals surface area contributed by atoms with E-state index in [1.54, 1.807) is 23.7 Å². The SMILES string of the molecule is CCOC(=O)C1CCCN(C(=O)c2cc(-c3csc(-c4ccncc4)n3)n(CC3CC3)c2C)C1. The topological polar surface area (TPSA) is 77.3 Å². The molecule has 2 fully saturated rings. The van der Waals surface area contributed by atoms with E-state index in [0.717, 1.165) is 47.0 Å². The number of piperidine rings is 1. The van der Waals surface area contributed by atoms with Crippen LogP contribution in [-0.4, -0.2) is 51.0 Å². The highest BCUT2D eigenvalue weighted by atomic mass is 32.1. The average Bonchev–Trinajstić information content (AvgIpc) is 3.45. The first-order chi connectivity index (χ1) is 16.5. The molecule has 1 amide bonds. The Labute approximate surface area is 203 Å². The Kier molecular flexibility index (Phi) is 6.50. The van der Waals surface area contributed by atoms with Crippen molar-refractivity contribution in [1.82, 2.24) is 19.4 Å². The lowest BCUT2D eigenvalue weighted by molar-refractivity contribution is -0.149. The first-order valence-electron chi connectivity index (χ1n) is 12.1. The molecule has 0 aromatic carbocycles. The molecular formula is C26H30N4O3S. The third kappa shape index (κ3) is 4.64. The largest absolute Gasteiger partial charge is 0.466 e. The molecule has 1 saturated heterocycles. The van der Waals surface area contributed by atoms with Crippen LogP contribution in [0.3, 0.4) is 0 Å². The Hall–Kier alpha value is -3.00. The van der Waals surface area contributed by atoms with Crippen molar-refractivity contribution in [3.8, 4) is 22.0 Å². The highest BCUT2D eigenvalue weighted by Gasteiger charge is 2.32. The number of hydrogen-bond acceptors (Lipinski definition) is 6. The second kappa shape index (κ2) is 9.70. The molecule has 3 aromatic rings. The van der Waals surface area contributed by atoms with Crippen molar-refractivity contribution in [2.75, 3.05) is 19.7 Å². The van der Waals surface area contributed by atoms with E-state index in [1.165, 1.54) is 12.8 Å². The Balaban J connectivity index is 1.44. The van der Waals surface area contributed by atoms with Crippen molar-refractivity contribution in [2.45, 2.75) is 46.1 Å². The smallest absolute Gasteiger partial charge is 0.310 e. The summed E-state index contributed by atoms with van der Waals surface area (Å²) in [6, 6.07) is 5.92. The highest BCUT2D eigenvalue weighted by Crippen LogP contribution is 2.36. The lowest BCUT2D eigenvalue weighted by atomic mass is 9.97. The summed E-state index contributed by atoms with van der Waals surface area (Å²) < 4.78 is 7.48. The first kappa shape index (κ1) is 22.8. The molecular weight excluding hydrogens is 448 g/mol. The van der Waals surface area contributed by atoms with Crippen molar-refractivity contribution >= 4 is 23.2 Å². The van der Waals surface area contributed by atoms with Gasteiger partial charge in [-0.05, 0) is 63.6 Å². The van der Waals surface area contributed by atoms with E-state index in [-0.39, 0.29) is 17.8 Å². The van der Waals surface area contributed by atoms with Crippen molar-refractivity contribution in [3.63, 3.8) is 0 Å². The van der Waals surface area contributed by atoms with Crippen molar-refractivity contribution in [1.29, 1.82) is 0 Å². The molecule has 0 spiro atoms. The van der Waals surface area contributed by atoms with Crippen LogP contribution in [0.4, 0.5) is 0 Å². The Morgan fingerprint density at radius 2 is 2.00 bits per heavy atom. The van der Waals surface area contributed by atoms with Gasteiger partial charge in [0.1, 0.15) is 5.01 Å². The minimum Gasteiger partial charge on any atom is -0.466 e. The number of thiazole rings is 1. The number of esters is 1. The molecule has 1 aliphatic carbocycles. The second-order valence-electron chi connectivity index (χ2n) is 9.20. The molecule has 0 bridgehead atoms. The Morgan fingerprint density at radius 3 is 2.74 bits per heavy atom. The number of ether oxygens (including phenoxy) is 1. The molecule has 1 saturated carbocycles. The molecule has 4 heterocycles. The van der Waals surface area contributed by atoms with Crippen LogP contribution < -0.4 is 0 Å². The minimum atomic E-state index is -0.243. The number of rotatable bonds is 7. The summed E-state index contributed by atoms with van der Waals surface area (Å²) in [7, 11) is 0. The van der Waals surface area contributed by atoms with Gasteiger partial charge >= 0.3 is 5.97 Å². The van der Waals surface area contributed by atoms with Gasteiger partial charge in [0.05, 0.1) is 29.5 Å². The zero-order valence-corrected chi connectivity index (χ0v) is 20.5. The normalized spacial score (nSPS) is 18.2. The van der Waals surface area contributed by atoms with Gasteiger partial charge in [0.15, 0.2) is 0 Å². The van der Waals surface area contributed by atoms with Crippen LogP contribution in [0.1, 0.15) is 48.7 Å². The van der Waals surface area contributed by atoms with Crippen LogP contribution in [-0.2, 0) is 16.1 Å². The number of likely N-dealkylation sites (tertiary alicyclic amines) is 1. The standard InChI is InChI=1S/C26H30N4O3S/c1-3-33-26(32)20-5-4-12-29(15-20)25(31)21-13-23(30(17(21)2)14-18-6-7-18)22-16-34-24(28-22)19-8-10-27-11-9-19/h8-11,13,16,18,20H,3-7,12,14-15H2,1-2H3. The van der Waals surface area contributed by atoms with E-state index in [4.69, 9.17) is 9.72 Å². The molecule has 178 valence electrons. The van der Waals surface area contributed by atoms with Gasteiger partial charge in [-0.2, -0.15) is 0 Å². The van der Waals surface area contributed by atoms with Gasteiger partial charge in [-0.15, -0.1) is 11.3 Å². The van der Waals surface area contributed by atoms with Crippen molar-refractivity contribution in [2.24, 2.45) is 11.8 Å². The van der Waals surface area contributed by atoms with Crippen LogP contribution in [0.25, 0.3) is 22.0 Å². The van der Waals surface area contributed by atoms with Gasteiger partial charge < -0.3 is 14.2 Å². The summed E-state index contributed by atoms with van der Waals surface area (Å²) in [6.45, 7) is 6.20. The number of pyridine rings is 1. The molecule has 8 heteroatoms. The number of aromatic nitrogens is 3. The van der Waals surface area contributed by atoms with E-state index < -0.39 is 0 Å². The summed E-state index contributed by atoms with van der Waals surface area (Å²) in [6.07, 6.45) is 7.59. The number of amides is 1. The second-order valence-corrected chi connectivity index (χ2v) is 10.1. The lowest BCUT2D eigenvalue weighted by Gasteiger charge is -2.31. The van der Waals surface area contributed by atoms with E-state index >= 15 is 0 Å². The predicted molar refractivity (Wildman–Crippen MR) is 131 cm³/mol. The van der Waals surface area contributed by atoms with Gasteiger partial charge in [-0.3, -0.25) is 14.6 Å². The zero-order chi connectivity index (χ0) is 23.7. The number of carbonyl (C=O) groups excluding carboxylic acids is 2. The molecule has 7 nitrogen and oxygen atoms in total. The highest BCUT2D eigenvalue weighted by molar-refractivity contribution is 7.13. The van der Waals surface area contributed by atoms with Crippen LogP contribution in [0.15, 0.2) is 36.0 Å². The maximum Gasteiger partial charge on any atom is 0.310 e. The van der Waals surface area contributed by atoms with Gasteiger partial charge in [0.25, 0.3) is 5.91 Å². The Bertz CT molecular complexity index is 1180. The van der Waals surface area contributed by atoms with E-state index in [0.29, 0.717) is 31.2 Å². The van der Waals surface area contributed by atoms with Crippen LogP contribution in [0.5, 0.6) is 0 Å². The summed E-state index contributed by atoms with van der Waals surface area (Å²) >= 11 is 1.60. The fourth-order valence-corrected chi connectivity index (χ4v) is 5.49. The minimum absolute atomic E-state index is 0.00752. The molecule has 3 aromatic heterocycles. The van der Waals surface area contributed by atoms with E-state index in [2.05, 4.69) is 14.9 Å². The van der Waals surface area contributed by atoms with Gasteiger partial charge in [0, 0.05) is 48.7 Å². The third-order valence-electron chi connectivity index (χ3n) is 6.76. The summed E-state index contributed by atoms with van der Waals surface area (Å²) in [4.78, 5) is 36.7. The number of hydrogen-bond donors (Lipinski definition) is 0. The first-order valence-corrected chi connectivity index (χ1v) is 13.0. The lowest BCUT2D eigenvalue weighted by Crippen LogP contribution is -2.43. The Morgan fingerprint density at radius 1 is 1.21 bits per heavy atom. The van der Waals surface area contributed by atoms with Gasteiger partial charge in [0.2, 0.25) is 0 Å². The summed E-state index contributed by atoms with van der Waals surface area (Å²) in [5.74, 6) is 0.212. The fourth-order valence-electron chi connectivity index (χ4n) is 4.67. The predicted octanol–water partition coefficient (Wildman–Crippen LogP) is 4.81. The van der Waals surface area contributed by atoms with Crippen LogP contribution in [0.2, 0.25) is 0 Å². The number of carbonyl (C=O) groups is 2. The van der Waals surface area contributed by atoms with Gasteiger partial charge in [-0.25, -0.2) is 4.98 Å². The van der Waals surface area contributed by atoms with E-state index in [9.17, 15) is 9.59 Å². The maximum atomic E-state index is 13.6. The zero-order valence-electron chi connectivity index (χ0n) is 19.7. The molecule has 2 aliphatic rings. The van der Waals surface area contributed by atoms with Crippen LogP contribution in [0, 0.1) is 18.8 Å². The van der Waals surface area contributed by atoms with Crippen LogP contribution >= 0.6 is 11.3 Å². The van der Waals surface area contributed by atoms with E-state index in [1.807, 2.05) is 36.9 Å². The molecule has 1 aliphatic heterocycles. The van der Waals surface area contributed by atoms with Crippen molar-refractivity contribution < 1.29 is 14.3 Å². The quantitative estimate of drug-likeness (QED) is 0.456. The molecule has 1 atom stereocenters.